The molecule has 0 unspecified atom stereocenters. The van der Waals surface area contributed by atoms with E-state index in [1.807, 2.05) is 0 Å². The van der Waals surface area contributed by atoms with E-state index in [0.717, 1.165) is 0 Å². The van der Waals surface area contributed by atoms with E-state index in [4.69, 9.17) is 67.4 Å². The van der Waals surface area contributed by atoms with Crippen molar-refractivity contribution in [3.63, 3.8) is 0 Å². The Balaban J connectivity index is 3.01. The van der Waals surface area contributed by atoms with Gasteiger partial charge in [0.15, 0.2) is 0 Å². The summed E-state index contributed by atoms with van der Waals surface area (Å²) in [5.41, 5.74) is 0. The van der Waals surface area contributed by atoms with Crippen LogP contribution < -0.4 is 0 Å². The number of rotatable bonds is 35. The third-order valence-electron chi connectivity index (χ3n) is 4.15. The summed E-state index contributed by atoms with van der Waals surface area (Å²) >= 11 is 0. The van der Waals surface area contributed by atoms with Crippen LogP contribution in [0.5, 0.6) is 0 Å². The Morgan fingerprint density at radius 1 is 0.211 bits per heavy atom. The summed E-state index contributed by atoms with van der Waals surface area (Å²) in [7, 11) is 0. The van der Waals surface area contributed by atoms with Gasteiger partial charge in [0, 0.05) is 0 Å². The van der Waals surface area contributed by atoms with Gasteiger partial charge in [-0.3, -0.25) is 0 Å². The van der Waals surface area contributed by atoms with Crippen molar-refractivity contribution in [2.75, 3.05) is 159 Å². The predicted molar refractivity (Wildman–Crippen MR) is 134 cm³/mol. The topological polar surface area (TPSA) is 151 Å². The number of ether oxygens (including phenoxy) is 10. The van der Waals surface area contributed by atoms with Crippen LogP contribution in [0.4, 0.5) is 0 Å². The Morgan fingerprint density at radius 2 is 0.368 bits per heavy atom. The van der Waals surface area contributed by atoms with Crippen molar-refractivity contribution in [2.45, 2.75) is 0 Å². The van der Waals surface area contributed by atoms with Crippen LogP contribution in [0.3, 0.4) is 0 Å². The van der Waals surface area contributed by atoms with Crippen molar-refractivity contribution in [2.24, 2.45) is 0 Å². The number of hydrogen-bond acceptors (Lipinski definition) is 14. The number of aliphatic hydroxyl groups is 2. The van der Waals surface area contributed by atoms with Crippen molar-refractivity contribution in [3.05, 3.63) is 0 Å². The van der Waals surface area contributed by atoms with Gasteiger partial charge in [-0.25, -0.2) is 9.78 Å². The van der Waals surface area contributed by atoms with E-state index in [1.165, 1.54) is 0 Å². The molecule has 0 aliphatic carbocycles. The molecule has 14 nitrogen and oxygen atoms in total. The van der Waals surface area contributed by atoms with E-state index in [-0.39, 0.29) is 13.2 Å². The molecular formula is C24H50O14. The van der Waals surface area contributed by atoms with E-state index >= 15 is 0 Å². The molecule has 0 fully saturated rings. The lowest BCUT2D eigenvalue weighted by Crippen LogP contribution is -2.15. The van der Waals surface area contributed by atoms with E-state index < -0.39 is 0 Å². The van der Waals surface area contributed by atoms with Crippen LogP contribution in [0.2, 0.25) is 0 Å². The van der Waals surface area contributed by atoms with Crippen LogP contribution in [0.25, 0.3) is 0 Å². The first-order valence-corrected chi connectivity index (χ1v) is 13.1. The maximum Gasteiger partial charge on any atom is 0.106 e. The van der Waals surface area contributed by atoms with Crippen molar-refractivity contribution in [1.82, 2.24) is 0 Å². The third-order valence-corrected chi connectivity index (χ3v) is 4.15. The SMILES string of the molecule is OCCOCCOCCOCCOCCOCCOOCCOCCOCCOCCOCCOCCO. The molecule has 0 bridgehead atoms. The van der Waals surface area contributed by atoms with Crippen LogP contribution in [-0.4, -0.2) is 169 Å². The summed E-state index contributed by atoms with van der Waals surface area (Å²) in [5.74, 6) is 0. The van der Waals surface area contributed by atoms with Gasteiger partial charge in [-0.1, -0.05) is 0 Å². The maximum atomic E-state index is 8.55. The number of hydrogen-bond donors (Lipinski definition) is 2. The molecule has 0 rings (SSSR count). The lowest BCUT2D eigenvalue weighted by molar-refractivity contribution is -0.303. The van der Waals surface area contributed by atoms with Crippen LogP contribution in [-0.2, 0) is 57.1 Å². The quantitative estimate of drug-likeness (QED) is 0.0557. The summed E-state index contributed by atoms with van der Waals surface area (Å²) < 4.78 is 53.0. The normalized spacial score (nSPS) is 11.5. The van der Waals surface area contributed by atoms with Gasteiger partial charge >= 0.3 is 0 Å². The van der Waals surface area contributed by atoms with Crippen molar-refractivity contribution >= 4 is 0 Å². The second-order valence-corrected chi connectivity index (χ2v) is 7.21. The molecule has 0 amide bonds. The molecule has 0 aromatic rings. The van der Waals surface area contributed by atoms with Crippen molar-refractivity contribution < 1.29 is 67.4 Å². The molecule has 0 spiro atoms. The first-order chi connectivity index (χ1) is 18.9. The van der Waals surface area contributed by atoms with Gasteiger partial charge in [-0.15, -0.1) is 0 Å². The highest BCUT2D eigenvalue weighted by molar-refractivity contribution is 4.37. The lowest BCUT2D eigenvalue weighted by atomic mass is 10.7. The fraction of sp³-hybridized carbons (Fsp3) is 1.00. The molecule has 230 valence electrons. The largest absolute Gasteiger partial charge is 0.394 e. The van der Waals surface area contributed by atoms with E-state index in [2.05, 4.69) is 0 Å². The zero-order valence-electron chi connectivity index (χ0n) is 22.8. The van der Waals surface area contributed by atoms with Gasteiger partial charge in [-0.05, 0) is 0 Å². The zero-order valence-corrected chi connectivity index (χ0v) is 22.8. The van der Waals surface area contributed by atoms with Gasteiger partial charge < -0.3 is 57.6 Å². The smallest absolute Gasteiger partial charge is 0.106 e. The zero-order chi connectivity index (χ0) is 27.5. The first-order valence-electron chi connectivity index (χ1n) is 13.1. The average Bonchev–Trinajstić information content (AvgIpc) is 2.93. The maximum absolute atomic E-state index is 8.55. The highest BCUT2D eigenvalue weighted by Gasteiger charge is 1.96. The van der Waals surface area contributed by atoms with Crippen molar-refractivity contribution in [1.29, 1.82) is 0 Å². The average molecular weight is 563 g/mol. The standard InChI is InChI=1S/C24H50O14/c25-1-3-27-5-7-29-9-11-31-13-15-33-17-19-35-21-23-37-38-24-22-36-20-18-34-16-14-32-12-10-30-8-6-28-4-2-26/h25-26H,1-24H2. The Hall–Kier alpha value is -0.560. The third kappa shape index (κ3) is 35.4. The fourth-order valence-electron chi connectivity index (χ4n) is 2.40. The first kappa shape index (κ1) is 37.4. The molecular weight excluding hydrogens is 512 g/mol. The molecule has 0 atom stereocenters. The highest BCUT2D eigenvalue weighted by Crippen LogP contribution is 1.87. The van der Waals surface area contributed by atoms with Crippen LogP contribution >= 0.6 is 0 Å². The van der Waals surface area contributed by atoms with Crippen LogP contribution in [0.1, 0.15) is 0 Å². The fourth-order valence-corrected chi connectivity index (χ4v) is 2.40. The van der Waals surface area contributed by atoms with Crippen LogP contribution in [0, 0.1) is 0 Å². The second-order valence-electron chi connectivity index (χ2n) is 7.21. The Morgan fingerprint density at radius 3 is 0.553 bits per heavy atom. The molecule has 0 saturated carbocycles. The van der Waals surface area contributed by atoms with Gasteiger partial charge in [0.05, 0.1) is 145 Å². The molecule has 0 aliphatic heterocycles. The Kier molecular flexibility index (Phi) is 35.9. The molecule has 38 heavy (non-hydrogen) atoms. The Labute approximate surface area is 226 Å². The summed E-state index contributed by atoms with van der Waals surface area (Å²) in [6.07, 6.45) is 0. The minimum Gasteiger partial charge on any atom is -0.394 e. The van der Waals surface area contributed by atoms with Gasteiger partial charge in [0.1, 0.15) is 13.2 Å². The van der Waals surface area contributed by atoms with E-state index in [0.29, 0.717) is 145 Å². The van der Waals surface area contributed by atoms with Gasteiger partial charge in [0.25, 0.3) is 0 Å². The Bertz CT molecular complexity index is 372. The monoisotopic (exact) mass is 562 g/mol. The van der Waals surface area contributed by atoms with E-state index in [1.54, 1.807) is 0 Å². The highest BCUT2D eigenvalue weighted by atomic mass is 17.2. The van der Waals surface area contributed by atoms with Crippen LogP contribution in [0.15, 0.2) is 0 Å². The van der Waals surface area contributed by atoms with E-state index in [9.17, 15) is 0 Å². The molecule has 14 heteroatoms. The van der Waals surface area contributed by atoms with Gasteiger partial charge in [-0.2, -0.15) is 0 Å². The molecule has 0 aromatic heterocycles. The molecule has 0 heterocycles. The summed E-state index contributed by atoms with van der Waals surface area (Å²) in [6, 6.07) is 0. The van der Waals surface area contributed by atoms with Crippen molar-refractivity contribution in [3.8, 4) is 0 Å². The molecule has 0 saturated heterocycles. The molecule has 0 radical (unpaired) electrons. The second kappa shape index (κ2) is 36.4. The van der Waals surface area contributed by atoms with Gasteiger partial charge in [0.2, 0.25) is 0 Å². The summed E-state index contributed by atoms with van der Waals surface area (Å²) in [6.45, 7) is 9.85. The predicted octanol–water partition coefficient (Wildman–Crippen LogP) is -0.915. The number of aliphatic hydroxyl groups excluding tert-OH is 2. The minimum absolute atomic E-state index is 0.0211. The molecule has 2 N–H and O–H groups in total. The summed E-state index contributed by atoms with van der Waals surface area (Å²) in [5, 5.41) is 17.1. The lowest BCUT2D eigenvalue weighted by Gasteiger charge is -2.08. The molecule has 0 aliphatic rings. The molecule has 0 aromatic carbocycles. The minimum atomic E-state index is 0.0211. The summed E-state index contributed by atoms with van der Waals surface area (Å²) in [4.78, 5) is 10.0.